The topological polar surface area (TPSA) is 75.0 Å². The Labute approximate surface area is 231 Å². The number of aromatic nitrogens is 1. The lowest BCUT2D eigenvalue weighted by atomic mass is 10.0. The molecule has 0 fully saturated rings. The number of thioether (sulfide) groups is 1. The molecule has 0 spiro atoms. The Morgan fingerprint density at radius 2 is 1.80 bits per heavy atom. The fourth-order valence-corrected chi connectivity index (χ4v) is 4.39. The molecular formula is C28H25F6N3O2S. The first-order valence-electron chi connectivity index (χ1n) is 12.0. The molecule has 0 radical (unpaired) electrons. The molecule has 0 saturated heterocycles. The van der Waals surface area contributed by atoms with Crippen molar-refractivity contribution in [3.8, 4) is 23.1 Å². The molecule has 1 aromatic heterocycles. The molecule has 1 heterocycles. The lowest BCUT2D eigenvalue weighted by Gasteiger charge is -2.15. The quantitative estimate of drug-likeness (QED) is 0.204. The van der Waals surface area contributed by atoms with Crippen LogP contribution in [0.1, 0.15) is 42.5 Å². The number of alkyl halides is 6. The first kappa shape index (κ1) is 30.8. The summed E-state index contributed by atoms with van der Waals surface area (Å²) in [6.45, 7) is 6.34. The van der Waals surface area contributed by atoms with Crippen LogP contribution in [0.3, 0.4) is 0 Å². The van der Waals surface area contributed by atoms with E-state index in [0.717, 1.165) is 30.7 Å². The van der Waals surface area contributed by atoms with Crippen LogP contribution < -0.4 is 10.1 Å². The van der Waals surface area contributed by atoms with Gasteiger partial charge in [0.15, 0.2) is 0 Å². The van der Waals surface area contributed by atoms with E-state index in [4.69, 9.17) is 4.74 Å². The van der Waals surface area contributed by atoms with Gasteiger partial charge in [0.25, 0.3) is 0 Å². The largest absolute Gasteiger partial charge is 0.493 e. The number of ether oxygens (including phenoxy) is 1. The standard InChI is InChI=1S/C28H25F6N3O2S/c1-16(2)9-10-39-24-8-7-18(11-17(24)3)23-13-22(28(32,33)34)21(14-35)26(37-23)40-15-25(38)36-20-6-4-5-19(12-20)27(29,30)31/h4-8,11-13,16H,9-10,15H2,1-3H3,(H,36,38). The highest BCUT2D eigenvalue weighted by Gasteiger charge is 2.36. The second kappa shape index (κ2) is 12.6. The van der Waals surface area contributed by atoms with Gasteiger partial charge in [-0.25, -0.2) is 4.98 Å². The van der Waals surface area contributed by atoms with E-state index in [-0.39, 0.29) is 16.4 Å². The number of benzene rings is 2. The first-order chi connectivity index (χ1) is 18.7. The summed E-state index contributed by atoms with van der Waals surface area (Å²) in [6.07, 6.45) is -8.67. The summed E-state index contributed by atoms with van der Waals surface area (Å²) in [7, 11) is 0. The molecule has 0 aliphatic carbocycles. The van der Waals surface area contributed by atoms with Gasteiger partial charge in [-0.15, -0.1) is 0 Å². The summed E-state index contributed by atoms with van der Waals surface area (Å²) in [5.41, 5.74) is -2.11. The van der Waals surface area contributed by atoms with Crippen LogP contribution in [0.5, 0.6) is 5.75 Å². The lowest BCUT2D eigenvalue weighted by molar-refractivity contribution is -0.138. The Balaban J connectivity index is 1.88. The molecule has 12 heteroatoms. The molecule has 212 valence electrons. The normalized spacial score (nSPS) is 11.8. The maximum absolute atomic E-state index is 13.9. The number of halogens is 6. The Kier molecular flexibility index (Phi) is 9.73. The van der Waals surface area contributed by atoms with Crippen LogP contribution >= 0.6 is 11.8 Å². The third-order valence-corrected chi connectivity index (χ3v) is 6.62. The van der Waals surface area contributed by atoms with E-state index in [1.165, 1.54) is 12.1 Å². The summed E-state index contributed by atoms with van der Waals surface area (Å²) in [5, 5.41) is 11.5. The minimum Gasteiger partial charge on any atom is -0.493 e. The fourth-order valence-electron chi connectivity index (χ4n) is 3.59. The molecule has 1 amide bonds. The van der Waals surface area contributed by atoms with Gasteiger partial charge in [0.1, 0.15) is 16.8 Å². The highest BCUT2D eigenvalue weighted by Crippen LogP contribution is 2.38. The van der Waals surface area contributed by atoms with Gasteiger partial charge in [-0.3, -0.25) is 4.79 Å². The van der Waals surface area contributed by atoms with E-state index in [1.807, 2.05) is 0 Å². The molecule has 5 nitrogen and oxygen atoms in total. The van der Waals surface area contributed by atoms with Crippen LogP contribution in [0, 0.1) is 24.2 Å². The van der Waals surface area contributed by atoms with Crippen molar-refractivity contribution in [2.45, 2.75) is 44.6 Å². The minimum absolute atomic E-state index is 0.0658. The van der Waals surface area contributed by atoms with E-state index < -0.39 is 40.7 Å². The van der Waals surface area contributed by atoms with Crippen LogP contribution in [0.15, 0.2) is 53.6 Å². The van der Waals surface area contributed by atoms with Crippen LogP contribution in [-0.2, 0) is 17.1 Å². The number of amides is 1. The highest BCUT2D eigenvalue weighted by molar-refractivity contribution is 8.00. The van der Waals surface area contributed by atoms with Gasteiger partial charge in [0.2, 0.25) is 5.91 Å². The van der Waals surface area contributed by atoms with Crippen LogP contribution in [0.2, 0.25) is 0 Å². The predicted molar refractivity (Wildman–Crippen MR) is 140 cm³/mol. The number of nitrogens with one attached hydrogen (secondary N) is 1. The molecule has 0 bridgehead atoms. The molecule has 3 rings (SSSR count). The number of carbonyl (C=O) groups excluding carboxylic acids is 1. The van der Waals surface area contributed by atoms with Gasteiger partial charge in [0, 0.05) is 11.3 Å². The minimum atomic E-state index is -4.88. The first-order valence-corrected chi connectivity index (χ1v) is 13.0. The average molecular weight is 582 g/mol. The van der Waals surface area contributed by atoms with Crippen molar-refractivity contribution < 1.29 is 35.9 Å². The van der Waals surface area contributed by atoms with Gasteiger partial charge < -0.3 is 10.1 Å². The van der Waals surface area contributed by atoms with Crippen molar-refractivity contribution in [2.75, 3.05) is 17.7 Å². The zero-order valence-electron chi connectivity index (χ0n) is 21.7. The van der Waals surface area contributed by atoms with Crippen LogP contribution in [-0.4, -0.2) is 23.3 Å². The van der Waals surface area contributed by atoms with Crippen LogP contribution in [0.25, 0.3) is 11.3 Å². The summed E-state index contributed by atoms with van der Waals surface area (Å²) in [4.78, 5) is 16.7. The number of aryl methyl sites for hydroxylation is 1. The molecule has 0 unspecified atom stereocenters. The molecule has 0 atom stereocenters. The van der Waals surface area contributed by atoms with Crippen molar-refractivity contribution >= 4 is 23.4 Å². The number of pyridine rings is 1. The maximum atomic E-state index is 13.9. The van der Waals surface area contributed by atoms with Gasteiger partial charge in [-0.2, -0.15) is 31.6 Å². The van der Waals surface area contributed by atoms with Crippen LogP contribution in [0.4, 0.5) is 32.0 Å². The van der Waals surface area contributed by atoms with E-state index in [9.17, 15) is 36.4 Å². The molecule has 3 aromatic rings. The molecule has 2 aromatic carbocycles. The zero-order valence-corrected chi connectivity index (χ0v) is 22.5. The van der Waals surface area contributed by atoms with Crippen molar-refractivity contribution in [1.82, 2.24) is 4.98 Å². The summed E-state index contributed by atoms with van der Waals surface area (Å²) in [5.74, 6) is -0.269. The maximum Gasteiger partial charge on any atom is 0.417 e. The van der Waals surface area contributed by atoms with E-state index in [0.29, 0.717) is 41.2 Å². The molecule has 0 aliphatic rings. The Hall–Kier alpha value is -3.72. The van der Waals surface area contributed by atoms with E-state index in [1.54, 1.807) is 25.1 Å². The Morgan fingerprint density at radius 1 is 1.07 bits per heavy atom. The van der Waals surface area contributed by atoms with Crippen molar-refractivity contribution in [3.63, 3.8) is 0 Å². The number of carbonyl (C=O) groups is 1. The lowest BCUT2D eigenvalue weighted by Crippen LogP contribution is -2.16. The number of hydrogen-bond acceptors (Lipinski definition) is 5. The molecular weight excluding hydrogens is 556 g/mol. The second-order valence-electron chi connectivity index (χ2n) is 9.27. The summed E-state index contributed by atoms with van der Waals surface area (Å²) < 4.78 is 86.3. The Morgan fingerprint density at radius 3 is 2.40 bits per heavy atom. The predicted octanol–water partition coefficient (Wildman–Crippen LogP) is 8.12. The van der Waals surface area contributed by atoms with Gasteiger partial charge in [-0.05, 0) is 67.3 Å². The Bertz CT molecular complexity index is 1410. The van der Waals surface area contributed by atoms with E-state index in [2.05, 4.69) is 24.1 Å². The number of nitrogens with zero attached hydrogens (tertiary/aromatic N) is 2. The van der Waals surface area contributed by atoms with Gasteiger partial charge in [0.05, 0.1) is 34.7 Å². The third kappa shape index (κ3) is 8.14. The second-order valence-corrected chi connectivity index (χ2v) is 10.2. The smallest absolute Gasteiger partial charge is 0.417 e. The van der Waals surface area contributed by atoms with Crippen molar-refractivity contribution in [1.29, 1.82) is 5.26 Å². The highest BCUT2D eigenvalue weighted by atomic mass is 32.2. The van der Waals surface area contributed by atoms with E-state index >= 15 is 0 Å². The van der Waals surface area contributed by atoms with Gasteiger partial charge >= 0.3 is 12.4 Å². The molecule has 0 saturated carbocycles. The molecule has 0 aliphatic heterocycles. The molecule has 40 heavy (non-hydrogen) atoms. The number of hydrogen-bond donors (Lipinski definition) is 1. The fraction of sp³-hybridized carbons (Fsp3) is 0.321. The molecule has 1 N–H and O–H groups in total. The number of anilines is 1. The number of nitriles is 1. The zero-order chi connectivity index (χ0) is 29.7. The summed E-state index contributed by atoms with van der Waals surface area (Å²) in [6, 6.07) is 11.0. The average Bonchev–Trinajstić information content (AvgIpc) is 2.86. The number of rotatable bonds is 9. The summed E-state index contributed by atoms with van der Waals surface area (Å²) >= 11 is 0.576. The SMILES string of the molecule is Cc1cc(-c2cc(C(F)(F)F)c(C#N)c(SCC(=O)Nc3cccc(C(F)(F)F)c3)n2)ccc1OCCC(C)C. The van der Waals surface area contributed by atoms with Crippen molar-refractivity contribution in [3.05, 3.63) is 70.8 Å². The van der Waals surface area contributed by atoms with Gasteiger partial charge in [-0.1, -0.05) is 31.7 Å². The van der Waals surface area contributed by atoms with Crippen molar-refractivity contribution in [2.24, 2.45) is 5.92 Å². The third-order valence-electron chi connectivity index (χ3n) is 5.64. The monoisotopic (exact) mass is 581 g/mol.